The van der Waals surface area contributed by atoms with E-state index >= 15 is 0 Å². The van der Waals surface area contributed by atoms with Crippen LogP contribution in [0, 0.1) is 5.92 Å². The van der Waals surface area contributed by atoms with Crippen molar-refractivity contribution in [1.29, 1.82) is 0 Å². The van der Waals surface area contributed by atoms with E-state index in [1.54, 1.807) is 6.92 Å². The first kappa shape index (κ1) is 20.4. The molecule has 0 unspecified atom stereocenters. The van der Waals surface area contributed by atoms with E-state index in [2.05, 4.69) is 10.6 Å². The van der Waals surface area contributed by atoms with E-state index in [-0.39, 0.29) is 0 Å². The minimum atomic E-state index is -2.55. The summed E-state index contributed by atoms with van der Waals surface area (Å²) in [4.78, 5) is 12.5. The van der Waals surface area contributed by atoms with Gasteiger partial charge in [0.05, 0.1) is 13.7 Å². The third kappa shape index (κ3) is 4.74. The average Bonchev–Trinajstić information content (AvgIpc) is 2.75. The molecule has 0 spiro atoms. The molecule has 2 aromatic carbocycles. The Morgan fingerprint density at radius 1 is 1.04 bits per heavy atom. The van der Waals surface area contributed by atoms with Crippen LogP contribution >= 0.6 is 7.05 Å². The standard InChI is InChI=1S/C23H29N2O2P/c1-2-27-23(26)25-28(20-14-8-4-9-15-20,21-16-10-5-11-17-21)18-22(24)19-12-6-3-7-13-19/h4-5,8-11,14-19H,2-3,6-7,12-13,24H2,1H3/b22-18-. The molecule has 1 saturated carbocycles. The summed E-state index contributed by atoms with van der Waals surface area (Å²) in [6.45, 7) is 2.10. The maximum absolute atomic E-state index is 12.5. The van der Waals surface area contributed by atoms with Gasteiger partial charge in [0.15, 0.2) is 0 Å². The molecule has 3 rings (SSSR count). The third-order valence-electron chi connectivity index (χ3n) is 5.22. The summed E-state index contributed by atoms with van der Waals surface area (Å²) >= 11 is 0. The molecule has 4 nitrogen and oxygen atoms in total. The van der Waals surface area contributed by atoms with Crippen molar-refractivity contribution >= 4 is 23.8 Å². The Bertz CT molecular complexity index is 813. The Kier molecular flexibility index (Phi) is 7.11. The first-order valence-corrected chi connectivity index (χ1v) is 11.8. The summed E-state index contributed by atoms with van der Waals surface area (Å²) in [5.41, 5.74) is 7.49. The minimum absolute atomic E-state index is 0.299. The molecule has 0 aromatic heterocycles. The number of benzene rings is 2. The highest BCUT2D eigenvalue weighted by Gasteiger charge is 2.27. The van der Waals surface area contributed by atoms with Gasteiger partial charge in [0, 0.05) is 16.3 Å². The van der Waals surface area contributed by atoms with Crippen molar-refractivity contribution in [3.05, 3.63) is 72.2 Å². The molecule has 148 valence electrons. The highest BCUT2D eigenvalue weighted by molar-refractivity contribution is 7.83. The maximum atomic E-state index is 12.5. The first-order chi connectivity index (χ1) is 13.7. The SMILES string of the molecule is CCOC(=O)N=P(/C=C(\N)C1CCCCC1)(c1ccccc1)c1ccccc1. The molecule has 1 aliphatic rings. The summed E-state index contributed by atoms with van der Waals surface area (Å²) in [7, 11) is -2.55. The van der Waals surface area contributed by atoms with Crippen LogP contribution in [0.2, 0.25) is 0 Å². The number of ether oxygens (including phenoxy) is 1. The number of rotatable bonds is 5. The monoisotopic (exact) mass is 396 g/mol. The Morgan fingerprint density at radius 2 is 1.57 bits per heavy atom. The van der Waals surface area contributed by atoms with Gasteiger partial charge in [0.1, 0.15) is 0 Å². The van der Waals surface area contributed by atoms with Crippen molar-refractivity contribution in [1.82, 2.24) is 0 Å². The summed E-state index contributed by atoms with van der Waals surface area (Å²) < 4.78 is 9.89. The number of carbonyl (C=O) groups is 1. The maximum Gasteiger partial charge on any atom is 0.433 e. The lowest BCUT2D eigenvalue weighted by Gasteiger charge is -2.27. The summed E-state index contributed by atoms with van der Waals surface area (Å²) in [5, 5.41) is 2.01. The van der Waals surface area contributed by atoms with Crippen LogP contribution in [0.15, 0.2) is 76.9 Å². The van der Waals surface area contributed by atoms with Gasteiger partial charge in [0.2, 0.25) is 0 Å². The molecule has 0 heterocycles. The molecule has 1 amide bonds. The number of amides is 1. The molecule has 1 aliphatic carbocycles. The number of hydrogen-bond acceptors (Lipinski definition) is 3. The highest BCUT2D eigenvalue weighted by Crippen LogP contribution is 2.51. The zero-order chi connectivity index (χ0) is 19.8. The zero-order valence-electron chi connectivity index (χ0n) is 16.5. The lowest BCUT2D eigenvalue weighted by Crippen LogP contribution is -2.20. The number of allylic oxidation sites excluding steroid dienone is 1. The fraction of sp³-hybridized carbons (Fsp3) is 0.348. The van der Waals surface area contributed by atoms with Gasteiger partial charge in [-0.05, 0) is 31.5 Å². The van der Waals surface area contributed by atoms with Crippen molar-refractivity contribution in [3.63, 3.8) is 0 Å². The molecule has 0 atom stereocenters. The number of nitrogens with zero attached hydrogens (tertiary/aromatic N) is 1. The molecule has 2 aromatic rings. The van der Waals surface area contributed by atoms with Crippen molar-refractivity contribution < 1.29 is 9.53 Å². The van der Waals surface area contributed by atoms with Crippen LogP contribution in [0.1, 0.15) is 39.0 Å². The second kappa shape index (κ2) is 9.75. The fourth-order valence-electron chi connectivity index (χ4n) is 3.79. The van der Waals surface area contributed by atoms with Gasteiger partial charge >= 0.3 is 6.09 Å². The first-order valence-electron chi connectivity index (χ1n) is 10.0. The number of hydrogen-bond donors (Lipinski definition) is 1. The average molecular weight is 396 g/mol. The molecule has 0 saturated heterocycles. The molecule has 0 bridgehead atoms. The second-order valence-electron chi connectivity index (χ2n) is 7.12. The predicted octanol–water partition coefficient (Wildman–Crippen LogP) is 5.38. The van der Waals surface area contributed by atoms with Gasteiger partial charge in [-0.15, -0.1) is 0 Å². The molecule has 5 heteroatoms. The lowest BCUT2D eigenvalue weighted by atomic mass is 9.88. The quantitative estimate of drug-likeness (QED) is 0.691. The normalized spacial score (nSPS) is 15.8. The topological polar surface area (TPSA) is 64.7 Å². The smallest absolute Gasteiger partial charge is 0.433 e. The Morgan fingerprint density at radius 3 is 2.07 bits per heavy atom. The van der Waals surface area contributed by atoms with Crippen LogP contribution in [0.5, 0.6) is 0 Å². The Hall–Kier alpha value is -2.32. The second-order valence-corrected chi connectivity index (χ2v) is 9.98. The van der Waals surface area contributed by atoms with Crippen LogP contribution in [0.25, 0.3) is 0 Å². The van der Waals surface area contributed by atoms with E-state index in [1.165, 1.54) is 19.3 Å². The zero-order valence-corrected chi connectivity index (χ0v) is 17.4. The van der Waals surface area contributed by atoms with Crippen LogP contribution < -0.4 is 16.3 Å². The van der Waals surface area contributed by atoms with Gasteiger partial charge < -0.3 is 10.5 Å². The van der Waals surface area contributed by atoms with Crippen LogP contribution in [-0.2, 0) is 4.74 Å². The van der Waals surface area contributed by atoms with Crippen molar-refractivity contribution in [3.8, 4) is 0 Å². The van der Waals surface area contributed by atoms with Crippen molar-refractivity contribution in [2.45, 2.75) is 39.0 Å². The fourth-order valence-corrected chi connectivity index (χ4v) is 6.89. The van der Waals surface area contributed by atoms with Crippen LogP contribution in [-0.4, -0.2) is 12.7 Å². The largest absolute Gasteiger partial charge is 0.448 e. The minimum Gasteiger partial charge on any atom is -0.448 e. The lowest BCUT2D eigenvalue weighted by molar-refractivity contribution is 0.164. The Labute approximate surface area is 167 Å². The van der Waals surface area contributed by atoms with E-state index in [0.717, 1.165) is 29.1 Å². The highest BCUT2D eigenvalue weighted by atomic mass is 31.2. The van der Waals surface area contributed by atoms with Crippen molar-refractivity contribution in [2.24, 2.45) is 16.4 Å². The molecule has 0 aliphatic heterocycles. The summed E-state index contributed by atoms with van der Waals surface area (Å²) in [6, 6.07) is 20.0. The van der Waals surface area contributed by atoms with Gasteiger partial charge in [-0.2, -0.15) is 4.74 Å². The van der Waals surface area contributed by atoms with E-state index in [0.29, 0.717) is 12.5 Å². The van der Waals surface area contributed by atoms with Gasteiger partial charge in [0.25, 0.3) is 0 Å². The van der Waals surface area contributed by atoms with E-state index < -0.39 is 13.1 Å². The molecule has 0 radical (unpaired) electrons. The summed E-state index contributed by atoms with van der Waals surface area (Å²) in [5.74, 6) is 2.45. The number of nitrogens with two attached hydrogens (primary N) is 1. The number of carbonyl (C=O) groups excluding carboxylic acids is 1. The van der Waals surface area contributed by atoms with Gasteiger partial charge in [-0.3, -0.25) is 0 Å². The van der Waals surface area contributed by atoms with Gasteiger partial charge in [-0.1, -0.05) is 79.9 Å². The van der Waals surface area contributed by atoms with E-state index in [4.69, 9.17) is 10.5 Å². The van der Waals surface area contributed by atoms with Crippen molar-refractivity contribution in [2.75, 3.05) is 6.61 Å². The molecular formula is C23H29N2O2P. The van der Waals surface area contributed by atoms with Crippen LogP contribution in [0.3, 0.4) is 0 Å². The van der Waals surface area contributed by atoms with E-state index in [9.17, 15) is 4.79 Å². The van der Waals surface area contributed by atoms with Crippen LogP contribution in [0.4, 0.5) is 4.79 Å². The molecule has 1 fully saturated rings. The van der Waals surface area contributed by atoms with E-state index in [1.807, 2.05) is 60.7 Å². The predicted molar refractivity (Wildman–Crippen MR) is 117 cm³/mol. The Balaban J connectivity index is 2.22. The third-order valence-corrected chi connectivity index (χ3v) is 8.54. The molecule has 28 heavy (non-hydrogen) atoms. The molecular weight excluding hydrogens is 367 g/mol. The van der Waals surface area contributed by atoms with Gasteiger partial charge in [-0.25, -0.2) is 4.79 Å². The summed E-state index contributed by atoms with van der Waals surface area (Å²) in [6.07, 6.45) is 5.36. The molecule has 2 N–H and O–H groups in total.